The highest BCUT2D eigenvalue weighted by Crippen LogP contribution is 2.11. The molecule has 17 heavy (non-hydrogen) atoms. The lowest BCUT2D eigenvalue weighted by Crippen LogP contribution is -2.35. The van der Waals surface area contributed by atoms with Crippen molar-refractivity contribution in [2.24, 2.45) is 5.73 Å². The Morgan fingerprint density at radius 2 is 2.12 bits per heavy atom. The molecule has 0 aromatic heterocycles. The van der Waals surface area contributed by atoms with Gasteiger partial charge in [0.1, 0.15) is 0 Å². The van der Waals surface area contributed by atoms with E-state index >= 15 is 0 Å². The van der Waals surface area contributed by atoms with E-state index < -0.39 is 6.04 Å². The average Bonchev–Trinajstić information content (AvgIpc) is 2.32. The van der Waals surface area contributed by atoms with Gasteiger partial charge in [-0.1, -0.05) is 31.6 Å². The van der Waals surface area contributed by atoms with Crippen LogP contribution in [0.5, 0.6) is 0 Å². The second-order valence-corrected chi connectivity index (χ2v) is 4.07. The van der Waals surface area contributed by atoms with Crippen molar-refractivity contribution in [3.63, 3.8) is 0 Å². The number of carbonyl (C=O) groups is 1. The number of rotatable bonds is 6. The Bertz CT molecular complexity index is 370. The van der Waals surface area contributed by atoms with Gasteiger partial charge in [-0.15, -0.1) is 6.58 Å². The highest BCUT2D eigenvalue weighted by Gasteiger charge is 2.11. The van der Waals surface area contributed by atoms with E-state index in [1.807, 2.05) is 24.3 Å². The minimum absolute atomic E-state index is 0.173. The van der Waals surface area contributed by atoms with Gasteiger partial charge in [-0.05, 0) is 30.5 Å². The fourth-order valence-electron chi connectivity index (χ4n) is 1.56. The maximum absolute atomic E-state index is 11.6. The van der Waals surface area contributed by atoms with Crippen LogP contribution in [0.4, 0.5) is 5.69 Å². The van der Waals surface area contributed by atoms with Gasteiger partial charge in [0.2, 0.25) is 5.91 Å². The molecule has 3 heteroatoms. The third-order valence-electron chi connectivity index (χ3n) is 2.52. The van der Waals surface area contributed by atoms with Crippen molar-refractivity contribution in [2.75, 3.05) is 5.32 Å². The second kappa shape index (κ2) is 6.86. The molecule has 1 aromatic carbocycles. The Labute approximate surface area is 103 Å². The number of benzene rings is 1. The molecule has 0 saturated carbocycles. The zero-order chi connectivity index (χ0) is 12.7. The predicted molar refractivity (Wildman–Crippen MR) is 71.9 cm³/mol. The van der Waals surface area contributed by atoms with Crippen LogP contribution in [0.1, 0.15) is 25.3 Å². The Morgan fingerprint density at radius 1 is 1.47 bits per heavy atom. The molecule has 0 bridgehead atoms. The molecule has 0 fully saturated rings. The van der Waals surface area contributed by atoms with Crippen LogP contribution in [0.15, 0.2) is 36.9 Å². The first-order valence-corrected chi connectivity index (χ1v) is 5.93. The zero-order valence-electron chi connectivity index (χ0n) is 10.3. The van der Waals surface area contributed by atoms with Crippen LogP contribution in [0, 0.1) is 0 Å². The van der Waals surface area contributed by atoms with Crippen molar-refractivity contribution in [2.45, 2.75) is 32.2 Å². The van der Waals surface area contributed by atoms with Crippen molar-refractivity contribution < 1.29 is 4.79 Å². The van der Waals surface area contributed by atoms with Gasteiger partial charge in [0.25, 0.3) is 0 Å². The maximum Gasteiger partial charge on any atom is 0.241 e. The van der Waals surface area contributed by atoms with Gasteiger partial charge < -0.3 is 11.1 Å². The number of nitrogens with two attached hydrogens (primary N) is 1. The van der Waals surface area contributed by atoms with Crippen molar-refractivity contribution in [1.82, 2.24) is 0 Å². The van der Waals surface area contributed by atoms with Crippen LogP contribution >= 0.6 is 0 Å². The normalized spacial score (nSPS) is 11.9. The molecule has 0 aliphatic rings. The average molecular weight is 232 g/mol. The van der Waals surface area contributed by atoms with E-state index in [0.29, 0.717) is 6.42 Å². The highest BCUT2D eigenvalue weighted by molar-refractivity contribution is 5.94. The van der Waals surface area contributed by atoms with Gasteiger partial charge in [-0.3, -0.25) is 4.79 Å². The van der Waals surface area contributed by atoms with E-state index in [0.717, 1.165) is 18.5 Å². The van der Waals surface area contributed by atoms with Crippen LogP contribution in [0.2, 0.25) is 0 Å². The van der Waals surface area contributed by atoms with E-state index in [1.165, 1.54) is 5.56 Å². The van der Waals surface area contributed by atoms with Crippen LogP contribution in [-0.2, 0) is 11.2 Å². The molecule has 0 saturated heterocycles. The largest absolute Gasteiger partial charge is 0.325 e. The standard InChI is InChI=1S/C14H20N2O/c1-3-5-11-7-9-12(10-8-11)16-14(17)13(15)6-4-2/h4,7-10,13H,2-3,5-6,15H2,1H3,(H,16,17). The lowest BCUT2D eigenvalue weighted by atomic mass is 10.1. The smallest absolute Gasteiger partial charge is 0.241 e. The molecular formula is C14H20N2O. The third-order valence-corrected chi connectivity index (χ3v) is 2.52. The predicted octanol–water partition coefficient (Wildman–Crippen LogP) is 2.48. The van der Waals surface area contributed by atoms with Crippen molar-refractivity contribution in [3.05, 3.63) is 42.5 Å². The summed E-state index contributed by atoms with van der Waals surface area (Å²) in [7, 11) is 0. The summed E-state index contributed by atoms with van der Waals surface area (Å²) in [6, 6.07) is 7.34. The number of carbonyl (C=O) groups excluding carboxylic acids is 1. The fourth-order valence-corrected chi connectivity index (χ4v) is 1.56. The minimum atomic E-state index is -0.525. The lowest BCUT2D eigenvalue weighted by Gasteiger charge is -2.10. The Balaban J connectivity index is 2.56. The third kappa shape index (κ3) is 4.41. The van der Waals surface area contributed by atoms with Crippen LogP contribution in [-0.4, -0.2) is 11.9 Å². The van der Waals surface area contributed by atoms with Gasteiger partial charge >= 0.3 is 0 Å². The molecule has 0 spiro atoms. The molecule has 3 N–H and O–H groups in total. The molecule has 0 heterocycles. The van der Waals surface area contributed by atoms with Crippen molar-refractivity contribution >= 4 is 11.6 Å². The topological polar surface area (TPSA) is 55.1 Å². The number of hydrogen-bond acceptors (Lipinski definition) is 2. The first kappa shape index (κ1) is 13.5. The summed E-state index contributed by atoms with van der Waals surface area (Å²) in [5.74, 6) is -0.173. The number of amides is 1. The molecule has 0 radical (unpaired) electrons. The molecule has 1 amide bonds. The second-order valence-electron chi connectivity index (χ2n) is 4.07. The molecule has 1 rings (SSSR count). The quantitative estimate of drug-likeness (QED) is 0.740. The summed E-state index contributed by atoms with van der Waals surface area (Å²) >= 11 is 0. The van der Waals surface area contributed by atoms with Crippen molar-refractivity contribution in [1.29, 1.82) is 0 Å². The highest BCUT2D eigenvalue weighted by atomic mass is 16.2. The summed E-state index contributed by atoms with van der Waals surface area (Å²) < 4.78 is 0. The van der Waals surface area contributed by atoms with Crippen LogP contribution in [0.3, 0.4) is 0 Å². The molecule has 0 aliphatic carbocycles. The Hall–Kier alpha value is -1.61. The number of nitrogens with one attached hydrogen (secondary N) is 1. The minimum Gasteiger partial charge on any atom is -0.325 e. The molecule has 1 atom stereocenters. The molecule has 3 nitrogen and oxygen atoms in total. The van der Waals surface area contributed by atoms with E-state index in [9.17, 15) is 4.79 Å². The molecule has 0 aliphatic heterocycles. The summed E-state index contributed by atoms with van der Waals surface area (Å²) in [6.45, 7) is 5.71. The van der Waals surface area contributed by atoms with Gasteiger partial charge in [0.05, 0.1) is 6.04 Å². The lowest BCUT2D eigenvalue weighted by molar-refractivity contribution is -0.117. The molecule has 1 aromatic rings. The monoisotopic (exact) mass is 232 g/mol. The van der Waals surface area contributed by atoms with Gasteiger partial charge in [0.15, 0.2) is 0 Å². The summed E-state index contributed by atoms with van der Waals surface area (Å²) in [4.78, 5) is 11.6. The first-order valence-electron chi connectivity index (χ1n) is 5.93. The summed E-state index contributed by atoms with van der Waals surface area (Å²) in [5, 5.41) is 2.78. The molecule has 92 valence electrons. The first-order chi connectivity index (χ1) is 8.17. The van der Waals surface area contributed by atoms with Gasteiger partial charge in [-0.25, -0.2) is 0 Å². The Kier molecular flexibility index (Phi) is 5.43. The molecular weight excluding hydrogens is 212 g/mol. The molecule has 1 unspecified atom stereocenters. The van der Waals surface area contributed by atoms with E-state index in [-0.39, 0.29) is 5.91 Å². The summed E-state index contributed by atoms with van der Waals surface area (Å²) in [6.07, 6.45) is 4.31. The number of aryl methyl sites for hydroxylation is 1. The SMILES string of the molecule is C=CCC(N)C(=O)Nc1ccc(CCC)cc1. The van der Waals surface area contributed by atoms with Crippen LogP contribution < -0.4 is 11.1 Å². The number of hydrogen-bond donors (Lipinski definition) is 2. The van der Waals surface area contributed by atoms with Crippen LogP contribution in [0.25, 0.3) is 0 Å². The zero-order valence-corrected chi connectivity index (χ0v) is 10.3. The van der Waals surface area contributed by atoms with E-state index in [2.05, 4.69) is 18.8 Å². The Morgan fingerprint density at radius 3 is 2.65 bits per heavy atom. The van der Waals surface area contributed by atoms with E-state index in [1.54, 1.807) is 6.08 Å². The summed E-state index contributed by atoms with van der Waals surface area (Å²) in [5.41, 5.74) is 7.73. The maximum atomic E-state index is 11.6. The van der Waals surface area contributed by atoms with Crippen molar-refractivity contribution in [3.8, 4) is 0 Å². The number of anilines is 1. The fraction of sp³-hybridized carbons (Fsp3) is 0.357. The van der Waals surface area contributed by atoms with Gasteiger partial charge in [0, 0.05) is 5.69 Å². The van der Waals surface area contributed by atoms with E-state index in [4.69, 9.17) is 5.73 Å². The van der Waals surface area contributed by atoms with Gasteiger partial charge in [-0.2, -0.15) is 0 Å².